The van der Waals surface area contributed by atoms with E-state index < -0.39 is 0 Å². The lowest BCUT2D eigenvalue weighted by atomic mass is 9.96. The van der Waals surface area contributed by atoms with E-state index in [1.807, 2.05) is 18.2 Å². The highest BCUT2D eigenvalue weighted by molar-refractivity contribution is 9.10. The number of aryl methyl sites for hydroxylation is 2. The number of benzene rings is 2. The molecule has 3 heteroatoms. The third-order valence-electron chi connectivity index (χ3n) is 3.18. The van der Waals surface area contributed by atoms with E-state index in [0.717, 1.165) is 15.6 Å². The lowest BCUT2D eigenvalue weighted by Gasteiger charge is -2.16. The fourth-order valence-corrected chi connectivity index (χ4v) is 2.50. The van der Waals surface area contributed by atoms with Gasteiger partial charge in [0.25, 0.3) is 0 Å². The second-order valence-electron chi connectivity index (χ2n) is 4.49. The second-order valence-corrected chi connectivity index (χ2v) is 5.81. The van der Waals surface area contributed by atoms with Crippen LogP contribution in [0.2, 0.25) is 5.02 Å². The predicted molar refractivity (Wildman–Crippen MR) is 81.1 cm³/mol. The fraction of sp³-hybridized carbons (Fsp3) is 0.200. The van der Waals surface area contributed by atoms with Crippen LogP contribution in [0, 0.1) is 13.8 Å². The van der Waals surface area contributed by atoms with E-state index in [1.165, 1.54) is 11.1 Å². The highest BCUT2D eigenvalue weighted by atomic mass is 79.9. The van der Waals surface area contributed by atoms with Gasteiger partial charge in [-0.1, -0.05) is 45.7 Å². The molecule has 0 heterocycles. The standard InChI is InChI=1S/C15H15BrClN/c1-9-3-4-11(7-10(9)2)15(18)13-8-12(16)5-6-14(13)17/h3-8,15H,18H2,1-2H3. The van der Waals surface area contributed by atoms with Gasteiger partial charge in [-0.3, -0.25) is 0 Å². The van der Waals surface area contributed by atoms with Crippen LogP contribution in [-0.2, 0) is 0 Å². The average Bonchev–Trinajstić information content (AvgIpc) is 2.35. The molecule has 1 unspecified atom stereocenters. The average molecular weight is 325 g/mol. The Morgan fingerprint density at radius 3 is 2.44 bits per heavy atom. The van der Waals surface area contributed by atoms with Gasteiger partial charge in [0, 0.05) is 9.50 Å². The zero-order valence-corrected chi connectivity index (χ0v) is 12.7. The molecular weight excluding hydrogens is 310 g/mol. The summed E-state index contributed by atoms with van der Waals surface area (Å²) in [5, 5.41) is 0.698. The summed E-state index contributed by atoms with van der Waals surface area (Å²) in [7, 11) is 0. The minimum absolute atomic E-state index is 0.200. The first-order valence-corrected chi connectivity index (χ1v) is 6.94. The largest absolute Gasteiger partial charge is 0.320 e. The molecule has 0 aliphatic carbocycles. The van der Waals surface area contributed by atoms with E-state index in [1.54, 1.807) is 0 Å². The van der Waals surface area contributed by atoms with Crippen LogP contribution in [0.5, 0.6) is 0 Å². The summed E-state index contributed by atoms with van der Waals surface area (Å²) in [5.41, 5.74) is 10.8. The smallest absolute Gasteiger partial charge is 0.0566 e. The van der Waals surface area contributed by atoms with E-state index >= 15 is 0 Å². The molecule has 0 saturated carbocycles. The van der Waals surface area contributed by atoms with Gasteiger partial charge in [0.05, 0.1) is 6.04 Å². The maximum absolute atomic E-state index is 6.30. The van der Waals surface area contributed by atoms with Crippen molar-refractivity contribution in [2.75, 3.05) is 0 Å². The van der Waals surface area contributed by atoms with Crippen LogP contribution < -0.4 is 5.73 Å². The van der Waals surface area contributed by atoms with Crippen LogP contribution in [-0.4, -0.2) is 0 Å². The monoisotopic (exact) mass is 323 g/mol. The lowest BCUT2D eigenvalue weighted by molar-refractivity contribution is 0.868. The topological polar surface area (TPSA) is 26.0 Å². The maximum atomic E-state index is 6.30. The third-order valence-corrected chi connectivity index (χ3v) is 4.02. The SMILES string of the molecule is Cc1ccc(C(N)c2cc(Br)ccc2Cl)cc1C. The van der Waals surface area contributed by atoms with Gasteiger partial charge in [-0.25, -0.2) is 0 Å². The summed E-state index contributed by atoms with van der Waals surface area (Å²) in [4.78, 5) is 0. The van der Waals surface area contributed by atoms with Crippen molar-refractivity contribution in [1.82, 2.24) is 0 Å². The van der Waals surface area contributed by atoms with E-state index in [-0.39, 0.29) is 6.04 Å². The van der Waals surface area contributed by atoms with Crippen molar-refractivity contribution in [3.05, 3.63) is 68.1 Å². The Kier molecular flexibility index (Phi) is 4.10. The van der Waals surface area contributed by atoms with Crippen LogP contribution in [0.25, 0.3) is 0 Å². The Morgan fingerprint density at radius 1 is 1.06 bits per heavy atom. The van der Waals surface area contributed by atoms with Gasteiger partial charge < -0.3 is 5.73 Å². The molecule has 2 aromatic carbocycles. The van der Waals surface area contributed by atoms with Crippen molar-refractivity contribution in [1.29, 1.82) is 0 Å². The number of halogens is 2. The van der Waals surface area contributed by atoms with Crippen LogP contribution >= 0.6 is 27.5 Å². The van der Waals surface area contributed by atoms with Crippen molar-refractivity contribution in [2.24, 2.45) is 5.73 Å². The molecule has 0 saturated heterocycles. The molecule has 1 atom stereocenters. The summed E-state index contributed by atoms with van der Waals surface area (Å²) in [5.74, 6) is 0. The Hall–Kier alpha value is -0.830. The zero-order chi connectivity index (χ0) is 13.3. The van der Waals surface area contributed by atoms with Gasteiger partial charge in [-0.05, 0) is 54.3 Å². The maximum Gasteiger partial charge on any atom is 0.0566 e. The van der Waals surface area contributed by atoms with Crippen LogP contribution in [0.4, 0.5) is 0 Å². The summed E-state index contributed by atoms with van der Waals surface area (Å²) < 4.78 is 0.987. The molecule has 0 spiro atoms. The van der Waals surface area contributed by atoms with Gasteiger partial charge in [-0.2, -0.15) is 0 Å². The Labute approximate surface area is 121 Å². The van der Waals surface area contributed by atoms with E-state index in [4.69, 9.17) is 17.3 Å². The van der Waals surface area contributed by atoms with Crippen molar-refractivity contribution < 1.29 is 0 Å². The van der Waals surface area contributed by atoms with Crippen molar-refractivity contribution in [2.45, 2.75) is 19.9 Å². The van der Waals surface area contributed by atoms with Gasteiger partial charge in [0.2, 0.25) is 0 Å². The number of hydrogen-bond donors (Lipinski definition) is 1. The molecule has 0 radical (unpaired) electrons. The third kappa shape index (κ3) is 2.77. The lowest BCUT2D eigenvalue weighted by Crippen LogP contribution is -2.12. The van der Waals surface area contributed by atoms with Crippen LogP contribution in [0.1, 0.15) is 28.3 Å². The number of rotatable bonds is 2. The molecule has 2 aromatic rings. The summed E-state index contributed by atoms with van der Waals surface area (Å²) in [6, 6.07) is 11.8. The highest BCUT2D eigenvalue weighted by Crippen LogP contribution is 2.29. The normalized spacial score (nSPS) is 12.5. The van der Waals surface area contributed by atoms with Gasteiger partial charge in [0.1, 0.15) is 0 Å². The molecular formula is C15H15BrClN. The number of hydrogen-bond acceptors (Lipinski definition) is 1. The Morgan fingerprint density at radius 2 is 1.78 bits per heavy atom. The molecule has 0 aromatic heterocycles. The highest BCUT2D eigenvalue weighted by Gasteiger charge is 2.13. The zero-order valence-electron chi connectivity index (χ0n) is 10.4. The molecule has 94 valence electrons. The first-order valence-electron chi connectivity index (χ1n) is 5.76. The molecule has 0 fully saturated rings. The minimum Gasteiger partial charge on any atom is -0.320 e. The van der Waals surface area contributed by atoms with E-state index in [2.05, 4.69) is 48.0 Å². The van der Waals surface area contributed by atoms with E-state index in [0.29, 0.717) is 5.02 Å². The number of nitrogens with two attached hydrogens (primary N) is 1. The molecule has 0 amide bonds. The molecule has 0 aliphatic heterocycles. The summed E-state index contributed by atoms with van der Waals surface area (Å²) >= 11 is 9.66. The summed E-state index contributed by atoms with van der Waals surface area (Å²) in [6.45, 7) is 4.19. The van der Waals surface area contributed by atoms with E-state index in [9.17, 15) is 0 Å². The van der Waals surface area contributed by atoms with Gasteiger partial charge in [-0.15, -0.1) is 0 Å². The second kappa shape index (κ2) is 5.43. The van der Waals surface area contributed by atoms with Gasteiger partial charge in [0.15, 0.2) is 0 Å². The molecule has 0 bridgehead atoms. The van der Waals surface area contributed by atoms with Crippen molar-refractivity contribution >= 4 is 27.5 Å². The first-order chi connectivity index (χ1) is 8.49. The summed E-state index contributed by atoms with van der Waals surface area (Å²) in [6.07, 6.45) is 0. The fourth-order valence-electron chi connectivity index (χ4n) is 1.89. The minimum atomic E-state index is -0.200. The molecule has 1 nitrogen and oxygen atoms in total. The molecule has 18 heavy (non-hydrogen) atoms. The van der Waals surface area contributed by atoms with Gasteiger partial charge >= 0.3 is 0 Å². The molecule has 0 aliphatic rings. The van der Waals surface area contributed by atoms with Crippen LogP contribution in [0.3, 0.4) is 0 Å². The quantitative estimate of drug-likeness (QED) is 0.846. The first kappa shape index (κ1) is 13.6. The molecule has 2 rings (SSSR count). The van der Waals surface area contributed by atoms with Crippen LogP contribution in [0.15, 0.2) is 40.9 Å². The predicted octanol–water partition coefficient (Wildman–Crippen LogP) is 4.77. The molecule has 2 N–H and O–H groups in total. The Bertz CT molecular complexity index is 581. The van der Waals surface area contributed by atoms with Crippen molar-refractivity contribution in [3.8, 4) is 0 Å². The van der Waals surface area contributed by atoms with Crippen molar-refractivity contribution in [3.63, 3.8) is 0 Å². The Balaban J connectivity index is 2.44.